The molecule has 0 saturated carbocycles. The largest absolute Gasteiger partial charge is 0.496 e. The zero-order valence-electron chi connectivity index (χ0n) is 11.3. The van der Waals surface area contributed by atoms with Crippen molar-refractivity contribution in [2.24, 2.45) is 0 Å². The molecule has 0 bridgehead atoms. The molecular weight excluding hydrogens is 292 g/mol. The Morgan fingerprint density at radius 1 is 1.24 bits per heavy atom. The molecule has 0 radical (unpaired) electrons. The molecule has 3 rings (SSSR count). The highest BCUT2D eigenvalue weighted by Crippen LogP contribution is 2.29. The van der Waals surface area contributed by atoms with E-state index < -0.39 is 0 Å². The predicted molar refractivity (Wildman–Crippen MR) is 81.5 cm³/mol. The van der Waals surface area contributed by atoms with Crippen LogP contribution in [0.1, 0.15) is 5.56 Å². The summed E-state index contributed by atoms with van der Waals surface area (Å²) in [5, 5.41) is 11.5. The van der Waals surface area contributed by atoms with Crippen molar-refractivity contribution in [2.45, 2.75) is 6.54 Å². The summed E-state index contributed by atoms with van der Waals surface area (Å²) < 4.78 is 10.1. The standard InChI is InChI=1S/C14H13ClN4O2/c1-20-12-4-2-3-9(15)8(12)7-17-11-6-5-10(16)13-14(11)19-21-18-13/h2-6,17H,7,16H2,1H3. The lowest BCUT2D eigenvalue weighted by Gasteiger charge is -2.12. The summed E-state index contributed by atoms with van der Waals surface area (Å²) in [6, 6.07) is 9.09. The van der Waals surface area contributed by atoms with Gasteiger partial charge in [-0.1, -0.05) is 17.7 Å². The third-order valence-electron chi connectivity index (χ3n) is 3.20. The van der Waals surface area contributed by atoms with Crippen LogP contribution in [0.15, 0.2) is 35.0 Å². The molecule has 0 saturated heterocycles. The monoisotopic (exact) mass is 304 g/mol. The molecule has 3 aromatic rings. The molecule has 0 atom stereocenters. The summed E-state index contributed by atoms with van der Waals surface area (Å²) in [6.45, 7) is 0.481. The van der Waals surface area contributed by atoms with Gasteiger partial charge in [-0.25, -0.2) is 4.63 Å². The van der Waals surface area contributed by atoms with Gasteiger partial charge >= 0.3 is 0 Å². The van der Waals surface area contributed by atoms with Crippen LogP contribution in [-0.4, -0.2) is 17.4 Å². The first-order chi connectivity index (χ1) is 10.2. The van der Waals surface area contributed by atoms with Crippen LogP contribution in [0.2, 0.25) is 5.02 Å². The van der Waals surface area contributed by atoms with E-state index in [1.165, 1.54) is 0 Å². The number of nitrogens with two attached hydrogens (primary N) is 1. The van der Waals surface area contributed by atoms with E-state index in [1.807, 2.05) is 24.3 Å². The quantitative estimate of drug-likeness (QED) is 0.720. The van der Waals surface area contributed by atoms with Crippen LogP contribution < -0.4 is 15.8 Å². The van der Waals surface area contributed by atoms with Gasteiger partial charge in [-0.2, -0.15) is 0 Å². The van der Waals surface area contributed by atoms with Gasteiger partial charge < -0.3 is 15.8 Å². The van der Waals surface area contributed by atoms with Crippen LogP contribution in [-0.2, 0) is 6.54 Å². The summed E-state index contributed by atoms with van der Waals surface area (Å²) in [5.74, 6) is 0.722. The second kappa shape index (κ2) is 5.49. The zero-order valence-corrected chi connectivity index (χ0v) is 12.0. The van der Waals surface area contributed by atoms with Crippen LogP contribution in [0.4, 0.5) is 11.4 Å². The number of anilines is 2. The number of nitrogens with one attached hydrogen (secondary N) is 1. The van der Waals surface area contributed by atoms with E-state index in [-0.39, 0.29) is 0 Å². The number of hydrogen-bond acceptors (Lipinski definition) is 6. The highest BCUT2D eigenvalue weighted by atomic mass is 35.5. The van der Waals surface area contributed by atoms with Crippen LogP contribution in [0, 0.1) is 0 Å². The summed E-state index contributed by atoms with van der Waals surface area (Å²) >= 11 is 6.21. The lowest BCUT2D eigenvalue weighted by Crippen LogP contribution is -2.03. The number of nitrogens with zero attached hydrogens (tertiary/aromatic N) is 2. The molecule has 0 fully saturated rings. The van der Waals surface area contributed by atoms with Crippen molar-refractivity contribution in [1.82, 2.24) is 10.3 Å². The van der Waals surface area contributed by atoms with Crippen molar-refractivity contribution in [2.75, 3.05) is 18.2 Å². The molecule has 21 heavy (non-hydrogen) atoms. The fraction of sp³-hybridized carbons (Fsp3) is 0.143. The molecular formula is C14H13ClN4O2. The van der Waals surface area contributed by atoms with E-state index in [2.05, 4.69) is 15.6 Å². The van der Waals surface area contributed by atoms with Crippen molar-refractivity contribution in [3.8, 4) is 5.75 Å². The topological polar surface area (TPSA) is 86.2 Å². The second-order valence-electron chi connectivity index (χ2n) is 4.44. The van der Waals surface area contributed by atoms with Gasteiger partial charge in [0.25, 0.3) is 0 Å². The Bertz CT molecular complexity index is 788. The molecule has 0 aliphatic carbocycles. The molecule has 1 aromatic heterocycles. The number of methoxy groups -OCH3 is 1. The highest BCUT2D eigenvalue weighted by Gasteiger charge is 2.12. The first kappa shape index (κ1) is 13.5. The second-order valence-corrected chi connectivity index (χ2v) is 4.85. The first-order valence-electron chi connectivity index (χ1n) is 6.26. The van der Waals surface area contributed by atoms with Crippen molar-refractivity contribution in [1.29, 1.82) is 0 Å². The lowest BCUT2D eigenvalue weighted by molar-refractivity contribution is 0.315. The van der Waals surface area contributed by atoms with Gasteiger partial charge in [0.2, 0.25) is 0 Å². The van der Waals surface area contributed by atoms with Gasteiger partial charge in [-0.3, -0.25) is 0 Å². The Labute approximate surface area is 125 Å². The molecule has 6 nitrogen and oxygen atoms in total. The summed E-state index contributed by atoms with van der Waals surface area (Å²) in [7, 11) is 1.61. The number of fused-ring (bicyclic) bond motifs is 1. The Morgan fingerprint density at radius 2 is 2.05 bits per heavy atom. The fourth-order valence-corrected chi connectivity index (χ4v) is 2.35. The summed E-state index contributed by atoms with van der Waals surface area (Å²) in [6.07, 6.45) is 0. The van der Waals surface area contributed by atoms with Crippen molar-refractivity contribution < 1.29 is 9.37 Å². The molecule has 108 valence electrons. The summed E-state index contributed by atoms with van der Waals surface area (Å²) in [4.78, 5) is 0. The molecule has 0 aliphatic heterocycles. The average molecular weight is 305 g/mol. The zero-order chi connectivity index (χ0) is 14.8. The number of halogens is 1. The molecule has 0 unspecified atom stereocenters. The smallest absolute Gasteiger partial charge is 0.160 e. The third kappa shape index (κ3) is 2.45. The number of aromatic nitrogens is 2. The molecule has 1 heterocycles. The number of hydrogen-bond donors (Lipinski definition) is 2. The van der Waals surface area contributed by atoms with E-state index in [4.69, 9.17) is 26.7 Å². The first-order valence-corrected chi connectivity index (χ1v) is 6.64. The Hall–Kier alpha value is -2.47. The van der Waals surface area contributed by atoms with Crippen LogP contribution in [0.5, 0.6) is 5.75 Å². The minimum absolute atomic E-state index is 0.481. The maximum absolute atomic E-state index is 6.21. The minimum atomic E-state index is 0.481. The van der Waals surface area contributed by atoms with Gasteiger partial charge in [-0.15, -0.1) is 0 Å². The predicted octanol–water partition coefficient (Wildman–Crippen LogP) is 3.08. The van der Waals surface area contributed by atoms with E-state index in [9.17, 15) is 0 Å². The van der Waals surface area contributed by atoms with E-state index in [0.29, 0.717) is 28.3 Å². The van der Waals surface area contributed by atoms with E-state index in [1.54, 1.807) is 13.2 Å². The maximum Gasteiger partial charge on any atom is 0.160 e. The molecule has 2 aromatic carbocycles. The maximum atomic E-state index is 6.21. The minimum Gasteiger partial charge on any atom is -0.496 e. The number of benzene rings is 2. The lowest BCUT2D eigenvalue weighted by atomic mass is 10.2. The molecule has 0 aliphatic rings. The van der Waals surface area contributed by atoms with E-state index >= 15 is 0 Å². The van der Waals surface area contributed by atoms with Gasteiger partial charge in [0.1, 0.15) is 5.75 Å². The Morgan fingerprint density at radius 3 is 2.86 bits per heavy atom. The Kier molecular flexibility index (Phi) is 3.53. The average Bonchev–Trinajstić information content (AvgIpc) is 2.98. The van der Waals surface area contributed by atoms with Crippen molar-refractivity contribution in [3.63, 3.8) is 0 Å². The molecule has 0 amide bonds. The number of nitrogen functional groups attached to an aromatic ring is 1. The summed E-state index contributed by atoms with van der Waals surface area (Å²) in [5.41, 5.74) is 9.08. The van der Waals surface area contributed by atoms with Gasteiger partial charge in [0.15, 0.2) is 11.0 Å². The number of ether oxygens (including phenoxy) is 1. The highest BCUT2D eigenvalue weighted by molar-refractivity contribution is 6.31. The normalized spacial score (nSPS) is 10.8. The molecule has 0 spiro atoms. The van der Waals surface area contributed by atoms with E-state index in [0.717, 1.165) is 17.0 Å². The van der Waals surface area contributed by atoms with Gasteiger partial charge in [0.05, 0.1) is 18.5 Å². The molecule has 3 N–H and O–H groups in total. The number of rotatable bonds is 4. The van der Waals surface area contributed by atoms with Crippen LogP contribution in [0.25, 0.3) is 11.0 Å². The van der Waals surface area contributed by atoms with Crippen LogP contribution >= 0.6 is 11.6 Å². The SMILES string of the molecule is COc1cccc(Cl)c1CNc1ccc(N)c2nonc12. The van der Waals surface area contributed by atoms with Gasteiger partial charge in [0, 0.05) is 17.1 Å². The van der Waals surface area contributed by atoms with Crippen molar-refractivity contribution >= 4 is 34.0 Å². The fourth-order valence-electron chi connectivity index (χ4n) is 2.11. The Balaban J connectivity index is 1.91. The van der Waals surface area contributed by atoms with Crippen LogP contribution in [0.3, 0.4) is 0 Å². The third-order valence-corrected chi connectivity index (χ3v) is 3.55. The molecule has 7 heteroatoms. The van der Waals surface area contributed by atoms with Gasteiger partial charge in [-0.05, 0) is 34.6 Å². The van der Waals surface area contributed by atoms with Crippen molar-refractivity contribution in [3.05, 3.63) is 40.9 Å².